The van der Waals surface area contributed by atoms with Crippen LogP contribution in [0.1, 0.15) is 44.6 Å². The van der Waals surface area contributed by atoms with Crippen LogP contribution >= 0.6 is 0 Å². The molecule has 6 heteroatoms. The quantitative estimate of drug-likeness (QED) is 0.851. The Morgan fingerprint density at radius 3 is 2.80 bits per heavy atom. The first-order valence-electron chi connectivity index (χ1n) is 8.42. The van der Waals surface area contributed by atoms with Gasteiger partial charge in [0.1, 0.15) is 24.2 Å². The smallest absolute Gasteiger partial charge is 0.298 e. The number of hydrogen-bond acceptors (Lipinski definition) is 4. The third-order valence-corrected chi connectivity index (χ3v) is 4.32. The van der Waals surface area contributed by atoms with Crippen LogP contribution in [0.15, 0.2) is 18.2 Å². The summed E-state index contributed by atoms with van der Waals surface area (Å²) in [7, 11) is 0. The highest BCUT2D eigenvalue weighted by molar-refractivity contribution is 5.34. The van der Waals surface area contributed by atoms with Gasteiger partial charge in [0.2, 0.25) is 0 Å². The molecule has 0 amide bonds. The number of nitriles is 1. The molecule has 3 rings (SSSR count). The average Bonchev–Trinajstić information content (AvgIpc) is 3.08. The maximum atomic E-state index is 14.2. The van der Waals surface area contributed by atoms with Crippen molar-refractivity contribution < 1.29 is 13.9 Å². The van der Waals surface area contributed by atoms with Gasteiger partial charge in [0.05, 0.1) is 12.2 Å². The molecule has 25 heavy (non-hydrogen) atoms. The molecule has 0 bridgehead atoms. The minimum atomic E-state index is -0.266. The fraction of sp³-hybridized carbons (Fsp3) is 0.474. The number of imidazole rings is 1. The molecule has 1 aliphatic rings. The van der Waals surface area contributed by atoms with E-state index in [1.54, 1.807) is 12.1 Å². The molecule has 0 N–H and O–H groups in total. The lowest BCUT2D eigenvalue weighted by atomic mass is 9.87. The molecule has 1 aliphatic heterocycles. The number of benzene rings is 1. The third-order valence-electron chi connectivity index (χ3n) is 4.32. The summed E-state index contributed by atoms with van der Waals surface area (Å²) in [6, 6.07) is 7.50. The Bertz CT molecular complexity index is 830. The molecule has 0 aliphatic carbocycles. The Kier molecular flexibility index (Phi) is 4.42. The largest absolute Gasteiger partial charge is 0.490 e. The third kappa shape index (κ3) is 3.32. The number of rotatable bonds is 4. The van der Waals surface area contributed by atoms with Crippen LogP contribution in [-0.4, -0.2) is 22.3 Å². The molecule has 1 aromatic carbocycles. The van der Waals surface area contributed by atoms with Gasteiger partial charge < -0.3 is 9.47 Å². The molecular weight excluding hydrogens is 321 g/mol. The summed E-state index contributed by atoms with van der Waals surface area (Å²) in [5, 5.41) is 9.09. The second-order valence-electron chi connectivity index (χ2n) is 7.21. The fourth-order valence-corrected chi connectivity index (χ4v) is 3.05. The summed E-state index contributed by atoms with van der Waals surface area (Å²) in [6.45, 7) is 8.77. The van der Waals surface area contributed by atoms with Gasteiger partial charge in [-0.15, -0.1) is 0 Å². The molecule has 0 radical (unpaired) electrons. The van der Waals surface area contributed by atoms with Crippen molar-refractivity contribution in [3.05, 3.63) is 41.0 Å². The molecule has 5 nitrogen and oxygen atoms in total. The van der Waals surface area contributed by atoms with E-state index in [1.807, 2.05) is 32.3 Å². The predicted molar refractivity (Wildman–Crippen MR) is 91.3 cm³/mol. The Morgan fingerprint density at radius 2 is 2.20 bits per heavy atom. The topological polar surface area (TPSA) is 60.1 Å². The highest BCUT2D eigenvalue weighted by Crippen LogP contribution is 2.29. The zero-order chi connectivity index (χ0) is 18.2. The van der Waals surface area contributed by atoms with Crippen LogP contribution in [0.25, 0.3) is 0 Å². The monoisotopic (exact) mass is 343 g/mol. The first kappa shape index (κ1) is 17.3. The van der Waals surface area contributed by atoms with Gasteiger partial charge in [-0.1, -0.05) is 33.8 Å². The lowest BCUT2D eigenvalue weighted by Crippen LogP contribution is -2.24. The van der Waals surface area contributed by atoms with Gasteiger partial charge >= 0.3 is 0 Å². The van der Waals surface area contributed by atoms with Crippen LogP contribution in [-0.2, 0) is 18.4 Å². The summed E-state index contributed by atoms with van der Waals surface area (Å²) >= 11 is 0. The first-order valence-corrected chi connectivity index (χ1v) is 8.42. The van der Waals surface area contributed by atoms with Crippen LogP contribution < -0.4 is 9.47 Å². The van der Waals surface area contributed by atoms with Crippen LogP contribution in [0, 0.1) is 17.1 Å². The summed E-state index contributed by atoms with van der Waals surface area (Å²) < 4.78 is 27.6. The molecule has 132 valence electrons. The van der Waals surface area contributed by atoms with E-state index in [2.05, 4.69) is 11.1 Å². The SMILES string of the molecule is CCc1c(C#N)nc2n1C[C@@H](COc1ccc(C(C)(C)C)c(F)c1)O2. The predicted octanol–water partition coefficient (Wildman–Crippen LogP) is 3.59. The molecule has 1 aromatic heterocycles. The normalized spacial score (nSPS) is 16.2. The summed E-state index contributed by atoms with van der Waals surface area (Å²) in [4.78, 5) is 4.20. The number of nitrogens with zero attached hydrogens (tertiary/aromatic N) is 3. The highest BCUT2D eigenvalue weighted by Gasteiger charge is 2.29. The van der Waals surface area contributed by atoms with Crippen molar-refractivity contribution in [2.45, 2.75) is 52.2 Å². The second-order valence-corrected chi connectivity index (χ2v) is 7.21. The molecule has 2 aromatic rings. The van der Waals surface area contributed by atoms with Gasteiger partial charge in [-0.2, -0.15) is 10.2 Å². The second kappa shape index (κ2) is 6.40. The van der Waals surface area contributed by atoms with E-state index >= 15 is 0 Å². The maximum Gasteiger partial charge on any atom is 0.298 e. The van der Waals surface area contributed by atoms with Crippen LogP contribution in [0.2, 0.25) is 0 Å². The average molecular weight is 343 g/mol. The van der Waals surface area contributed by atoms with E-state index < -0.39 is 0 Å². The molecular formula is C19H22FN3O2. The Hall–Kier alpha value is -2.55. The summed E-state index contributed by atoms with van der Waals surface area (Å²) in [5.41, 5.74) is 1.70. The van der Waals surface area contributed by atoms with Gasteiger partial charge in [-0.05, 0) is 23.5 Å². The van der Waals surface area contributed by atoms with Gasteiger partial charge in [-0.3, -0.25) is 4.57 Å². The number of halogens is 1. The van der Waals surface area contributed by atoms with Gasteiger partial charge in [-0.25, -0.2) is 4.39 Å². The van der Waals surface area contributed by atoms with Gasteiger partial charge in [0.25, 0.3) is 6.01 Å². The minimum Gasteiger partial charge on any atom is -0.490 e. The van der Waals surface area contributed by atoms with Crippen LogP contribution in [0.5, 0.6) is 11.8 Å². The van der Waals surface area contributed by atoms with Crippen LogP contribution in [0.4, 0.5) is 4.39 Å². The van der Waals surface area contributed by atoms with E-state index in [9.17, 15) is 4.39 Å². The highest BCUT2D eigenvalue weighted by atomic mass is 19.1. The number of aromatic nitrogens is 2. The van der Waals surface area contributed by atoms with Crippen molar-refractivity contribution in [1.29, 1.82) is 5.26 Å². The Labute approximate surface area is 147 Å². The number of ether oxygens (including phenoxy) is 2. The summed E-state index contributed by atoms with van der Waals surface area (Å²) in [6.07, 6.45) is 0.512. The Balaban J connectivity index is 1.65. The van der Waals surface area contributed by atoms with Crippen molar-refractivity contribution in [2.75, 3.05) is 6.61 Å². The van der Waals surface area contributed by atoms with Gasteiger partial charge in [0, 0.05) is 6.07 Å². The van der Waals surface area contributed by atoms with Crippen molar-refractivity contribution in [2.24, 2.45) is 0 Å². The van der Waals surface area contributed by atoms with Crippen molar-refractivity contribution in [3.63, 3.8) is 0 Å². The van der Waals surface area contributed by atoms with Crippen molar-refractivity contribution in [3.8, 4) is 17.8 Å². The van der Waals surface area contributed by atoms with E-state index in [1.165, 1.54) is 6.07 Å². The molecule has 0 fully saturated rings. The summed E-state index contributed by atoms with van der Waals surface area (Å²) in [5.74, 6) is 0.212. The molecule has 0 unspecified atom stereocenters. The van der Waals surface area contributed by atoms with Crippen molar-refractivity contribution >= 4 is 0 Å². The zero-order valence-electron chi connectivity index (χ0n) is 15.0. The van der Waals surface area contributed by atoms with Crippen molar-refractivity contribution in [1.82, 2.24) is 9.55 Å². The lowest BCUT2D eigenvalue weighted by Gasteiger charge is -2.20. The van der Waals surface area contributed by atoms with E-state index in [4.69, 9.17) is 14.7 Å². The molecule has 1 atom stereocenters. The molecule has 0 saturated heterocycles. The first-order chi connectivity index (χ1) is 11.8. The van der Waals surface area contributed by atoms with E-state index in [0.29, 0.717) is 42.6 Å². The molecule has 0 spiro atoms. The zero-order valence-corrected chi connectivity index (χ0v) is 15.0. The lowest BCUT2D eigenvalue weighted by molar-refractivity contribution is 0.143. The number of fused-ring (bicyclic) bond motifs is 1. The Morgan fingerprint density at radius 1 is 1.44 bits per heavy atom. The van der Waals surface area contributed by atoms with E-state index in [-0.39, 0.29) is 17.3 Å². The maximum absolute atomic E-state index is 14.2. The standard InChI is InChI=1S/C19H22FN3O2/c1-5-17-16(9-21)22-18-23(17)10-13(25-18)11-24-12-6-7-14(15(20)8-12)19(2,3)4/h6-8,13H,5,10-11H2,1-4H3/t13-/m0/s1. The number of hydrogen-bond donors (Lipinski definition) is 0. The molecule has 0 saturated carbocycles. The van der Waals surface area contributed by atoms with Crippen LogP contribution in [0.3, 0.4) is 0 Å². The minimum absolute atomic E-state index is 0.203. The molecule has 2 heterocycles. The fourth-order valence-electron chi connectivity index (χ4n) is 3.05. The van der Waals surface area contributed by atoms with E-state index in [0.717, 1.165) is 5.69 Å². The van der Waals surface area contributed by atoms with Gasteiger partial charge in [0.15, 0.2) is 11.8 Å².